The van der Waals surface area contributed by atoms with E-state index in [1.165, 1.54) is 30.5 Å². The number of anilines is 1. The van der Waals surface area contributed by atoms with E-state index in [0.29, 0.717) is 0 Å². The third-order valence-electron chi connectivity index (χ3n) is 2.60. The molecule has 0 atom stereocenters. The van der Waals surface area contributed by atoms with Gasteiger partial charge in [0.05, 0.1) is 12.2 Å². The minimum absolute atomic E-state index is 0.00206. The number of carbonyl (C=O) groups is 1. The van der Waals surface area contributed by atoms with Gasteiger partial charge in [-0.1, -0.05) is 0 Å². The summed E-state index contributed by atoms with van der Waals surface area (Å²) in [4.78, 5) is 11.9. The van der Waals surface area contributed by atoms with Gasteiger partial charge in [0.25, 0.3) is 12.3 Å². The summed E-state index contributed by atoms with van der Waals surface area (Å²) in [5.74, 6) is -1.80. The number of rotatable bonds is 4. The first kappa shape index (κ1) is 14.0. The molecule has 0 saturated carbocycles. The highest BCUT2D eigenvalue weighted by molar-refractivity contribution is 6.03. The number of phenolic OH excluding ortho intramolecular Hbond substituents is 1. The lowest BCUT2D eigenvalue weighted by molar-refractivity contribution is 0.0997. The third kappa shape index (κ3) is 3.11. The van der Waals surface area contributed by atoms with Gasteiger partial charge in [-0.15, -0.1) is 0 Å². The Morgan fingerprint density at radius 2 is 2.10 bits per heavy atom. The number of phenols is 1. The Bertz CT molecular complexity index is 626. The molecule has 7 heteroatoms. The Hall–Kier alpha value is -2.44. The second kappa shape index (κ2) is 5.68. The van der Waals surface area contributed by atoms with Crippen LogP contribution in [0.25, 0.3) is 0 Å². The second-order valence-corrected chi connectivity index (χ2v) is 4.06. The highest BCUT2D eigenvalue weighted by Gasteiger charge is 2.15. The number of nitrogens with one attached hydrogen (secondary N) is 1. The number of hydrogen-bond donors (Lipinski definition) is 2. The van der Waals surface area contributed by atoms with Gasteiger partial charge in [-0.05, 0) is 24.3 Å². The van der Waals surface area contributed by atoms with Crippen LogP contribution in [-0.2, 0) is 6.54 Å². The first-order valence-corrected chi connectivity index (χ1v) is 5.70. The van der Waals surface area contributed by atoms with Crippen molar-refractivity contribution in [2.24, 2.45) is 0 Å². The molecule has 106 valence electrons. The van der Waals surface area contributed by atoms with Crippen LogP contribution in [0.5, 0.6) is 5.75 Å². The highest BCUT2D eigenvalue weighted by Crippen LogP contribution is 2.20. The average molecular weight is 284 g/mol. The number of benzene rings is 1. The lowest BCUT2D eigenvalue weighted by atomic mass is 10.2. The van der Waals surface area contributed by atoms with Crippen LogP contribution >= 0.6 is 0 Å². The molecular formula is C13H11F3N2O2. The summed E-state index contributed by atoms with van der Waals surface area (Å²) in [5, 5.41) is 11.3. The minimum Gasteiger partial charge on any atom is -0.508 e. The van der Waals surface area contributed by atoms with Gasteiger partial charge in [0, 0.05) is 12.3 Å². The fraction of sp³-hybridized carbons (Fsp3) is 0.154. The van der Waals surface area contributed by atoms with E-state index in [1.807, 2.05) is 0 Å². The molecule has 1 aromatic heterocycles. The van der Waals surface area contributed by atoms with Crippen molar-refractivity contribution in [1.29, 1.82) is 0 Å². The van der Waals surface area contributed by atoms with Crippen molar-refractivity contribution in [3.05, 3.63) is 48.0 Å². The minimum atomic E-state index is -2.60. The number of aromatic hydroxyl groups is 1. The van der Waals surface area contributed by atoms with Gasteiger partial charge < -0.3 is 15.0 Å². The molecule has 0 bridgehead atoms. The maximum Gasteiger partial charge on any atom is 0.272 e. The van der Waals surface area contributed by atoms with Crippen molar-refractivity contribution in [2.45, 2.75) is 13.0 Å². The van der Waals surface area contributed by atoms with Gasteiger partial charge in [0.1, 0.15) is 17.3 Å². The molecule has 1 heterocycles. The van der Waals surface area contributed by atoms with Crippen LogP contribution < -0.4 is 5.32 Å². The first-order chi connectivity index (χ1) is 9.47. The highest BCUT2D eigenvalue weighted by atomic mass is 19.3. The van der Waals surface area contributed by atoms with E-state index in [-0.39, 0.29) is 17.1 Å². The summed E-state index contributed by atoms with van der Waals surface area (Å²) in [6.07, 6.45) is -1.26. The van der Waals surface area contributed by atoms with Crippen molar-refractivity contribution in [2.75, 3.05) is 5.32 Å². The fourth-order valence-corrected chi connectivity index (χ4v) is 1.72. The Morgan fingerprint density at radius 1 is 1.35 bits per heavy atom. The Morgan fingerprint density at radius 3 is 2.75 bits per heavy atom. The molecule has 0 aliphatic heterocycles. The number of alkyl halides is 2. The van der Waals surface area contributed by atoms with E-state index in [2.05, 4.69) is 5.32 Å². The van der Waals surface area contributed by atoms with Gasteiger partial charge >= 0.3 is 0 Å². The number of aromatic nitrogens is 1. The average Bonchev–Trinajstić information content (AvgIpc) is 2.80. The molecular weight excluding hydrogens is 273 g/mol. The second-order valence-electron chi connectivity index (χ2n) is 4.06. The van der Waals surface area contributed by atoms with Crippen LogP contribution in [0.4, 0.5) is 18.9 Å². The maximum atomic E-state index is 13.5. The van der Waals surface area contributed by atoms with Crippen LogP contribution in [0.1, 0.15) is 10.5 Å². The van der Waals surface area contributed by atoms with E-state index >= 15 is 0 Å². The monoisotopic (exact) mass is 284 g/mol. The molecule has 0 aliphatic rings. The van der Waals surface area contributed by atoms with Crippen molar-refractivity contribution in [1.82, 2.24) is 4.57 Å². The molecule has 0 aliphatic carbocycles. The lowest BCUT2D eigenvalue weighted by Crippen LogP contribution is -2.19. The molecule has 0 spiro atoms. The molecule has 1 aromatic carbocycles. The van der Waals surface area contributed by atoms with Crippen LogP contribution in [-0.4, -0.2) is 22.0 Å². The number of nitrogens with zero attached hydrogens (tertiary/aromatic N) is 1. The zero-order chi connectivity index (χ0) is 14.7. The van der Waals surface area contributed by atoms with Gasteiger partial charge in [0.15, 0.2) is 0 Å². The topological polar surface area (TPSA) is 54.3 Å². The Labute approximate surface area is 112 Å². The largest absolute Gasteiger partial charge is 0.508 e. The fourth-order valence-electron chi connectivity index (χ4n) is 1.72. The van der Waals surface area contributed by atoms with Gasteiger partial charge in [-0.3, -0.25) is 4.79 Å². The maximum absolute atomic E-state index is 13.5. The van der Waals surface area contributed by atoms with E-state index in [9.17, 15) is 18.0 Å². The normalized spacial score (nSPS) is 10.8. The van der Waals surface area contributed by atoms with Crippen LogP contribution in [0.3, 0.4) is 0 Å². The first-order valence-electron chi connectivity index (χ1n) is 5.70. The van der Waals surface area contributed by atoms with Crippen LogP contribution in [0.2, 0.25) is 0 Å². The quantitative estimate of drug-likeness (QED) is 0.848. The summed E-state index contributed by atoms with van der Waals surface area (Å²) in [6, 6.07) is 6.04. The molecule has 0 radical (unpaired) electrons. The van der Waals surface area contributed by atoms with E-state index < -0.39 is 24.7 Å². The van der Waals surface area contributed by atoms with Gasteiger partial charge in [-0.25, -0.2) is 13.2 Å². The molecule has 4 nitrogen and oxygen atoms in total. The summed E-state index contributed by atoms with van der Waals surface area (Å²) >= 11 is 0. The molecule has 0 saturated heterocycles. The van der Waals surface area contributed by atoms with Crippen molar-refractivity contribution in [3.8, 4) is 5.75 Å². The van der Waals surface area contributed by atoms with Crippen molar-refractivity contribution in [3.63, 3.8) is 0 Å². The predicted molar refractivity (Wildman–Crippen MR) is 66.5 cm³/mol. The van der Waals surface area contributed by atoms with E-state index in [1.54, 1.807) is 0 Å². The van der Waals surface area contributed by atoms with E-state index in [0.717, 1.165) is 10.6 Å². The standard InChI is InChI=1S/C13H11F3N2O2/c14-9-6-8(19)3-4-10(9)17-13(20)11-2-1-5-18(11)7-12(15)16/h1-6,12,19H,7H2,(H,17,20). The summed E-state index contributed by atoms with van der Waals surface area (Å²) < 4.78 is 39.2. The number of carbonyl (C=O) groups excluding carboxylic acids is 1. The third-order valence-corrected chi connectivity index (χ3v) is 2.60. The van der Waals surface area contributed by atoms with Crippen LogP contribution in [0.15, 0.2) is 36.5 Å². The molecule has 1 amide bonds. The number of hydrogen-bond acceptors (Lipinski definition) is 2. The summed E-state index contributed by atoms with van der Waals surface area (Å²) in [7, 11) is 0. The van der Waals surface area contributed by atoms with E-state index in [4.69, 9.17) is 5.11 Å². The molecule has 2 N–H and O–H groups in total. The molecule has 2 aromatic rings. The number of amides is 1. The van der Waals surface area contributed by atoms with Crippen LogP contribution in [0, 0.1) is 5.82 Å². The van der Waals surface area contributed by atoms with Crippen molar-refractivity contribution >= 4 is 11.6 Å². The molecule has 0 fully saturated rings. The number of halogens is 3. The van der Waals surface area contributed by atoms with Gasteiger partial charge in [-0.2, -0.15) is 0 Å². The SMILES string of the molecule is O=C(Nc1ccc(O)cc1F)c1cccn1CC(F)F. The molecule has 20 heavy (non-hydrogen) atoms. The van der Waals surface area contributed by atoms with Crippen molar-refractivity contribution < 1.29 is 23.1 Å². The van der Waals surface area contributed by atoms with Gasteiger partial charge in [0.2, 0.25) is 0 Å². The smallest absolute Gasteiger partial charge is 0.272 e. The Kier molecular flexibility index (Phi) is 3.97. The summed E-state index contributed by atoms with van der Waals surface area (Å²) in [5.41, 5.74) is -0.143. The predicted octanol–water partition coefficient (Wildman–Crippen LogP) is 2.85. The zero-order valence-corrected chi connectivity index (χ0v) is 10.2. The zero-order valence-electron chi connectivity index (χ0n) is 10.2. The molecule has 0 unspecified atom stereocenters. The molecule has 2 rings (SSSR count). The summed E-state index contributed by atoms with van der Waals surface area (Å²) in [6.45, 7) is -0.617. The Balaban J connectivity index is 2.18. The lowest BCUT2D eigenvalue weighted by Gasteiger charge is -2.10.